The van der Waals surface area contributed by atoms with Gasteiger partial charge in [0.15, 0.2) is 0 Å². The van der Waals surface area contributed by atoms with Crippen molar-refractivity contribution in [1.82, 2.24) is 0 Å². The van der Waals surface area contributed by atoms with E-state index < -0.39 is 17.9 Å². The predicted octanol–water partition coefficient (Wildman–Crippen LogP) is 3.57. The van der Waals surface area contributed by atoms with Gasteiger partial charge in [0.05, 0.1) is 17.6 Å². The normalized spacial score (nSPS) is 13.4. The minimum absolute atomic E-state index is 0.105. The highest BCUT2D eigenvalue weighted by molar-refractivity contribution is 5.72. The van der Waals surface area contributed by atoms with E-state index in [9.17, 15) is 15.0 Å². The van der Waals surface area contributed by atoms with E-state index in [1.807, 2.05) is 31.2 Å². The van der Waals surface area contributed by atoms with Crippen LogP contribution >= 0.6 is 0 Å². The maximum absolute atomic E-state index is 11.4. The van der Waals surface area contributed by atoms with Crippen LogP contribution in [0.5, 0.6) is 5.75 Å². The predicted molar refractivity (Wildman–Crippen MR) is 82.4 cm³/mol. The number of carbonyl (C=O) groups is 1. The lowest BCUT2D eigenvalue weighted by molar-refractivity contribution is -0.141. The molecular formula is C17H19NO3. The van der Waals surface area contributed by atoms with Crippen LogP contribution in [0.2, 0.25) is 0 Å². The number of nitrogens with one attached hydrogen (secondary N) is 1. The van der Waals surface area contributed by atoms with Gasteiger partial charge < -0.3 is 15.5 Å². The summed E-state index contributed by atoms with van der Waals surface area (Å²) in [7, 11) is 0. The monoisotopic (exact) mass is 285 g/mol. The van der Waals surface area contributed by atoms with Gasteiger partial charge in [0.2, 0.25) is 0 Å². The van der Waals surface area contributed by atoms with E-state index in [0.717, 1.165) is 11.1 Å². The molecule has 110 valence electrons. The number of anilines is 1. The standard InChI is InChI=1S/C17H19NO3/c1-11-7-3-4-8-13(11)16(12(2)17(20)21)18-14-9-5-6-10-15(14)19/h3-10,12,16,18-19H,1-2H3,(H,20,21). The van der Waals surface area contributed by atoms with Gasteiger partial charge in [-0.15, -0.1) is 0 Å². The van der Waals surface area contributed by atoms with E-state index in [4.69, 9.17) is 0 Å². The Morgan fingerprint density at radius 2 is 1.71 bits per heavy atom. The molecule has 0 saturated heterocycles. The van der Waals surface area contributed by atoms with Crippen molar-refractivity contribution in [2.75, 3.05) is 5.32 Å². The van der Waals surface area contributed by atoms with E-state index in [-0.39, 0.29) is 5.75 Å². The van der Waals surface area contributed by atoms with Crippen LogP contribution in [0, 0.1) is 12.8 Å². The molecule has 0 spiro atoms. The number of aliphatic carboxylic acids is 1. The Morgan fingerprint density at radius 1 is 1.10 bits per heavy atom. The van der Waals surface area contributed by atoms with Crippen LogP contribution in [0.3, 0.4) is 0 Å². The molecule has 2 atom stereocenters. The zero-order valence-electron chi connectivity index (χ0n) is 12.1. The SMILES string of the molecule is Cc1ccccc1C(Nc1ccccc1O)C(C)C(=O)O. The van der Waals surface area contributed by atoms with Crippen LogP contribution in [0.4, 0.5) is 5.69 Å². The summed E-state index contributed by atoms with van der Waals surface area (Å²) in [6.07, 6.45) is 0. The summed E-state index contributed by atoms with van der Waals surface area (Å²) in [4.78, 5) is 11.4. The lowest BCUT2D eigenvalue weighted by atomic mass is 9.91. The molecule has 0 amide bonds. The maximum atomic E-state index is 11.4. The fraction of sp³-hybridized carbons (Fsp3) is 0.235. The van der Waals surface area contributed by atoms with Gasteiger partial charge in [0, 0.05) is 0 Å². The third kappa shape index (κ3) is 3.34. The molecule has 0 aromatic heterocycles. The lowest BCUT2D eigenvalue weighted by Crippen LogP contribution is -2.26. The van der Waals surface area contributed by atoms with Gasteiger partial charge in [0.25, 0.3) is 0 Å². The molecular weight excluding hydrogens is 266 g/mol. The highest BCUT2D eigenvalue weighted by atomic mass is 16.4. The zero-order chi connectivity index (χ0) is 15.4. The number of carboxylic acid groups (broad SMARTS) is 1. The van der Waals surface area contributed by atoms with E-state index in [1.165, 1.54) is 0 Å². The second-order valence-corrected chi connectivity index (χ2v) is 5.12. The van der Waals surface area contributed by atoms with E-state index in [1.54, 1.807) is 31.2 Å². The number of hydrogen-bond acceptors (Lipinski definition) is 3. The molecule has 0 fully saturated rings. The van der Waals surface area contributed by atoms with Crippen molar-refractivity contribution in [2.45, 2.75) is 19.9 Å². The van der Waals surface area contributed by atoms with Crippen LogP contribution in [-0.2, 0) is 4.79 Å². The van der Waals surface area contributed by atoms with Crippen LogP contribution < -0.4 is 5.32 Å². The molecule has 0 saturated carbocycles. The molecule has 0 bridgehead atoms. The van der Waals surface area contributed by atoms with Crippen molar-refractivity contribution < 1.29 is 15.0 Å². The van der Waals surface area contributed by atoms with Gasteiger partial charge in [0.1, 0.15) is 5.75 Å². The number of phenolic OH excluding ortho intramolecular Hbond substituents is 1. The van der Waals surface area contributed by atoms with Crippen LogP contribution in [0.1, 0.15) is 24.1 Å². The number of aromatic hydroxyl groups is 1. The van der Waals surface area contributed by atoms with Crippen LogP contribution in [-0.4, -0.2) is 16.2 Å². The number of benzene rings is 2. The number of rotatable bonds is 5. The topological polar surface area (TPSA) is 69.6 Å². The fourth-order valence-corrected chi connectivity index (χ4v) is 2.31. The molecule has 3 N–H and O–H groups in total. The molecule has 4 heteroatoms. The van der Waals surface area contributed by atoms with Gasteiger partial charge in [-0.25, -0.2) is 0 Å². The Morgan fingerprint density at radius 3 is 2.33 bits per heavy atom. The van der Waals surface area contributed by atoms with Gasteiger partial charge in [-0.05, 0) is 37.1 Å². The number of aryl methyl sites for hydroxylation is 1. The van der Waals surface area contributed by atoms with Gasteiger partial charge in [-0.1, -0.05) is 36.4 Å². The van der Waals surface area contributed by atoms with Crippen molar-refractivity contribution in [1.29, 1.82) is 0 Å². The first-order valence-electron chi connectivity index (χ1n) is 6.83. The summed E-state index contributed by atoms with van der Waals surface area (Å²) in [5, 5.41) is 22.4. The quantitative estimate of drug-likeness (QED) is 0.734. The number of para-hydroxylation sites is 2. The highest BCUT2D eigenvalue weighted by Crippen LogP contribution is 2.32. The van der Waals surface area contributed by atoms with Crippen LogP contribution in [0.15, 0.2) is 48.5 Å². The van der Waals surface area contributed by atoms with Crippen molar-refractivity contribution in [2.24, 2.45) is 5.92 Å². The third-order valence-electron chi connectivity index (χ3n) is 3.63. The number of carboxylic acids is 1. The summed E-state index contributed by atoms with van der Waals surface area (Å²) >= 11 is 0. The molecule has 0 aliphatic heterocycles. The smallest absolute Gasteiger partial charge is 0.308 e. The molecule has 0 heterocycles. The zero-order valence-corrected chi connectivity index (χ0v) is 12.1. The lowest BCUT2D eigenvalue weighted by Gasteiger charge is -2.26. The van der Waals surface area contributed by atoms with E-state index in [0.29, 0.717) is 5.69 Å². The molecule has 4 nitrogen and oxygen atoms in total. The van der Waals surface area contributed by atoms with E-state index >= 15 is 0 Å². The molecule has 0 radical (unpaired) electrons. The van der Waals surface area contributed by atoms with E-state index in [2.05, 4.69) is 5.32 Å². The summed E-state index contributed by atoms with van der Waals surface area (Å²) in [6.45, 7) is 3.61. The first kappa shape index (κ1) is 14.9. The van der Waals surface area contributed by atoms with Crippen molar-refractivity contribution in [3.05, 3.63) is 59.7 Å². The Balaban J connectivity index is 2.40. The summed E-state index contributed by atoms with van der Waals surface area (Å²) in [6, 6.07) is 14.1. The average molecular weight is 285 g/mol. The van der Waals surface area contributed by atoms with Crippen molar-refractivity contribution >= 4 is 11.7 Å². The molecule has 2 unspecified atom stereocenters. The Hall–Kier alpha value is -2.49. The molecule has 2 aromatic carbocycles. The minimum atomic E-state index is -0.883. The molecule has 2 rings (SSSR count). The molecule has 0 aliphatic rings. The molecule has 21 heavy (non-hydrogen) atoms. The fourth-order valence-electron chi connectivity index (χ4n) is 2.31. The summed E-state index contributed by atoms with van der Waals surface area (Å²) in [5.41, 5.74) is 2.45. The third-order valence-corrected chi connectivity index (χ3v) is 3.63. The van der Waals surface area contributed by atoms with Gasteiger partial charge in [-0.3, -0.25) is 4.79 Å². The Bertz CT molecular complexity index is 639. The number of phenols is 1. The highest BCUT2D eigenvalue weighted by Gasteiger charge is 2.26. The Labute approximate surface area is 124 Å². The van der Waals surface area contributed by atoms with Gasteiger partial charge in [-0.2, -0.15) is 0 Å². The molecule has 2 aromatic rings. The molecule has 0 aliphatic carbocycles. The average Bonchev–Trinajstić information content (AvgIpc) is 2.46. The maximum Gasteiger partial charge on any atom is 0.308 e. The second-order valence-electron chi connectivity index (χ2n) is 5.12. The largest absolute Gasteiger partial charge is 0.506 e. The summed E-state index contributed by atoms with van der Waals surface area (Å²) in [5.74, 6) is -1.41. The summed E-state index contributed by atoms with van der Waals surface area (Å²) < 4.78 is 0. The van der Waals surface area contributed by atoms with Crippen LogP contribution in [0.25, 0.3) is 0 Å². The second kappa shape index (κ2) is 6.31. The van der Waals surface area contributed by atoms with Crippen molar-refractivity contribution in [3.63, 3.8) is 0 Å². The first-order chi connectivity index (χ1) is 10.0. The minimum Gasteiger partial charge on any atom is -0.506 e. The van der Waals surface area contributed by atoms with Gasteiger partial charge >= 0.3 is 5.97 Å². The Kier molecular flexibility index (Phi) is 4.48. The number of hydrogen-bond donors (Lipinski definition) is 3. The van der Waals surface area contributed by atoms with Crippen molar-refractivity contribution in [3.8, 4) is 5.75 Å². The first-order valence-corrected chi connectivity index (χ1v) is 6.83.